The smallest absolute Gasteiger partial charge is 0.191 e. The summed E-state index contributed by atoms with van der Waals surface area (Å²) in [4.78, 5) is 6.89. The molecule has 1 aromatic carbocycles. The maximum atomic E-state index is 5.08. The molecule has 1 unspecified atom stereocenters. The molecule has 2 N–H and O–H groups in total. The number of likely N-dealkylation sites (tertiary alicyclic amines) is 1. The van der Waals surface area contributed by atoms with E-state index in [2.05, 4.69) is 51.7 Å². The molecule has 140 valence electrons. The van der Waals surface area contributed by atoms with E-state index < -0.39 is 0 Å². The molecule has 0 aliphatic carbocycles. The Hall–Kier alpha value is -1.59. The van der Waals surface area contributed by atoms with Crippen molar-refractivity contribution in [1.29, 1.82) is 0 Å². The number of piperidine rings is 1. The minimum Gasteiger partial charge on any atom is -0.385 e. The van der Waals surface area contributed by atoms with Gasteiger partial charge in [0.1, 0.15) is 0 Å². The normalized spacial score (nSPS) is 19.0. The highest BCUT2D eigenvalue weighted by Crippen LogP contribution is 2.19. The molecule has 1 aliphatic heterocycles. The van der Waals surface area contributed by atoms with E-state index in [0.29, 0.717) is 0 Å². The molecular weight excluding hydrogens is 312 g/mol. The third-order valence-corrected chi connectivity index (χ3v) is 4.74. The fourth-order valence-corrected chi connectivity index (χ4v) is 3.38. The van der Waals surface area contributed by atoms with Crippen molar-refractivity contribution in [3.05, 3.63) is 35.4 Å². The van der Waals surface area contributed by atoms with Crippen LogP contribution < -0.4 is 10.6 Å². The first-order valence-corrected chi connectivity index (χ1v) is 9.45. The molecule has 1 fully saturated rings. The first-order valence-electron chi connectivity index (χ1n) is 9.45. The predicted molar refractivity (Wildman–Crippen MR) is 105 cm³/mol. The maximum absolute atomic E-state index is 5.08. The van der Waals surface area contributed by atoms with Crippen LogP contribution in [0.2, 0.25) is 0 Å². The van der Waals surface area contributed by atoms with Crippen molar-refractivity contribution in [2.45, 2.75) is 39.3 Å². The molecule has 0 amide bonds. The van der Waals surface area contributed by atoms with Gasteiger partial charge in [-0.3, -0.25) is 9.89 Å². The molecule has 25 heavy (non-hydrogen) atoms. The molecule has 1 heterocycles. The Morgan fingerprint density at radius 3 is 2.80 bits per heavy atom. The molecule has 1 atom stereocenters. The number of nitrogens with one attached hydrogen (secondary N) is 2. The van der Waals surface area contributed by atoms with Crippen molar-refractivity contribution < 1.29 is 4.74 Å². The van der Waals surface area contributed by atoms with Crippen LogP contribution >= 0.6 is 0 Å². The Balaban J connectivity index is 1.86. The summed E-state index contributed by atoms with van der Waals surface area (Å²) in [5, 5.41) is 6.76. The van der Waals surface area contributed by atoms with Gasteiger partial charge in [-0.1, -0.05) is 31.2 Å². The molecule has 1 aliphatic rings. The number of benzene rings is 1. The lowest BCUT2D eigenvalue weighted by Crippen LogP contribution is -2.38. The summed E-state index contributed by atoms with van der Waals surface area (Å²) in [5.41, 5.74) is 2.76. The molecule has 5 nitrogen and oxygen atoms in total. The Morgan fingerprint density at radius 1 is 1.28 bits per heavy atom. The summed E-state index contributed by atoms with van der Waals surface area (Å²) in [6, 6.07) is 8.73. The van der Waals surface area contributed by atoms with Crippen molar-refractivity contribution in [3.8, 4) is 0 Å². The number of nitrogens with zero attached hydrogens (tertiary/aromatic N) is 2. The number of guanidine groups is 1. The van der Waals surface area contributed by atoms with Crippen LogP contribution in [0.5, 0.6) is 0 Å². The Bertz CT molecular complexity index is 532. The second-order valence-electron chi connectivity index (χ2n) is 6.95. The van der Waals surface area contributed by atoms with Gasteiger partial charge < -0.3 is 15.4 Å². The highest BCUT2D eigenvalue weighted by molar-refractivity contribution is 5.79. The summed E-state index contributed by atoms with van der Waals surface area (Å²) >= 11 is 0. The van der Waals surface area contributed by atoms with Gasteiger partial charge in [0, 0.05) is 46.9 Å². The lowest BCUT2D eigenvalue weighted by Gasteiger charge is -2.31. The van der Waals surface area contributed by atoms with Crippen molar-refractivity contribution in [2.75, 3.05) is 40.4 Å². The maximum Gasteiger partial charge on any atom is 0.191 e. The van der Waals surface area contributed by atoms with E-state index in [0.717, 1.165) is 44.5 Å². The zero-order chi connectivity index (χ0) is 17.9. The average Bonchev–Trinajstić information content (AvgIpc) is 2.62. The highest BCUT2D eigenvalue weighted by atomic mass is 16.5. The zero-order valence-electron chi connectivity index (χ0n) is 16.1. The van der Waals surface area contributed by atoms with Crippen molar-refractivity contribution >= 4 is 5.96 Å². The van der Waals surface area contributed by atoms with Crippen LogP contribution in [-0.2, 0) is 17.8 Å². The van der Waals surface area contributed by atoms with E-state index >= 15 is 0 Å². The van der Waals surface area contributed by atoms with Gasteiger partial charge in [-0.15, -0.1) is 0 Å². The molecule has 0 spiro atoms. The zero-order valence-corrected chi connectivity index (χ0v) is 16.1. The monoisotopic (exact) mass is 346 g/mol. The Morgan fingerprint density at radius 2 is 2.08 bits per heavy atom. The van der Waals surface area contributed by atoms with E-state index in [1.54, 1.807) is 7.11 Å². The first-order chi connectivity index (χ1) is 12.2. The summed E-state index contributed by atoms with van der Waals surface area (Å²) in [6.07, 6.45) is 3.66. The van der Waals surface area contributed by atoms with Crippen molar-refractivity contribution in [1.82, 2.24) is 15.5 Å². The second kappa shape index (κ2) is 11.1. The molecule has 1 saturated heterocycles. The quantitative estimate of drug-likeness (QED) is 0.432. The summed E-state index contributed by atoms with van der Waals surface area (Å²) in [6.45, 7) is 8.26. The summed E-state index contributed by atoms with van der Waals surface area (Å²) in [5.74, 6) is 1.66. The molecule has 0 bridgehead atoms. The SMILES string of the molecule is CN=C(NCCCOC)NCc1ccccc1CN1CCCC(C)C1. The van der Waals surface area contributed by atoms with Crippen LogP contribution in [-0.4, -0.2) is 51.3 Å². The predicted octanol–water partition coefficient (Wildman–Crippen LogP) is 2.62. The molecule has 1 aromatic rings. The number of methoxy groups -OCH3 is 1. The molecular formula is C20H34N4O. The van der Waals surface area contributed by atoms with Crippen LogP contribution in [0.3, 0.4) is 0 Å². The topological polar surface area (TPSA) is 48.9 Å². The standard InChI is InChI=1S/C20H34N4O/c1-17-8-6-12-24(15-17)16-19-10-5-4-9-18(19)14-23-20(21-2)22-11-7-13-25-3/h4-5,9-10,17H,6-8,11-16H2,1-3H3,(H2,21,22,23). The Labute approximate surface area is 152 Å². The Kier molecular flexibility index (Phi) is 8.77. The third kappa shape index (κ3) is 7.04. The molecule has 0 saturated carbocycles. The number of hydrogen-bond acceptors (Lipinski definition) is 3. The van der Waals surface area contributed by atoms with Gasteiger partial charge in [0.05, 0.1) is 0 Å². The lowest BCUT2D eigenvalue weighted by molar-refractivity contribution is 0.176. The van der Waals surface area contributed by atoms with Gasteiger partial charge in [0.25, 0.3) is 0 Å². The van der Waals surface area contributed by atoms with Crippen LogP contribution in [0.4, 0.5) is 0 Å². The van der Waals surface area contributed by atoms with E-state index in [9.17, 15) is 0 Å². The van der Waals surface area contributed by atoms with Crippen molar-refractivity contribution in [2.24, 2.45) is 10.9 Å². The third-order valence-electron chi connectivity index (χ3n) is 4.74. The number of aliphatic imine (C=N–C) groups is 1. The number of rotatable bonds is 8. The van der Waals surface area contributed by atoms with Crippen LogP contribution in [0.1, 0.15) is 37.3 Å². The van der Waals surface area contributed by atoms with E-state index in [-0.39, 0.29) is 0 Å². The minimum absolute atomic E-state index is 0.765. The van der Waals surface area contributed by atoms with Crippen LogP contribution in [0.25, 0.3) is 0 Å². The van der Waals surface area contributed by atoms with Crippen LogP contribution in [0.15, 0.2) is 29.3 Å². The van der Waals surface area contributed by atoms with Crippen molar-refractivity contribution in [3.63, 3.8) is 0 Å². The first kappa shape index (κ1) is 19.7. The lowest BCUT2D eigenvalue weighted by atomic mass is 9.99. The van der Waals surface area contributed by atoms with Crippen LogP contribution in [0, 0.1) is 5.92 Å². The van der Waals surface area contributed by atoms with E-state index in [1.807, 2.05) is 7.05 Å². The van der Waals surface area contributed by atoms with Gasteiger partial charge >= 0.3 is 0 Å². The fraction of sp³-hybridized carbons (Fsp3) is 0.650. The van der Waals surface area contributed by atoms with Gasteiger partial charge in [0.15, 0.2) is 5.96 Å². The highest BCUT2D eigenvalue weighted by Gasteiger charge is 2.17. The minimum atomic E-state index is 0.765. The summed E-state index contributed by atoms with van der Waals surface area (Å²) in [7, 11) is 3.54. The molecule has 0 aromatic heterocycles. The number of hydrogen-bond donors (Lipinski definition) is 2. The largest absolute Gasteiger partial charge is 0.385 e. The molecule has 5 heteroatoms. The average molecular weight is 347 g/mol. The van der Waals surface area contributed by atoms with Gasteiger partial charge in [-0.2, -0.15) is 0 Å². The number of ether oxygens (including phenoxy) is 1. The molecule has 0 radical (unpaired) electrons. The fourth-order valence-electron chi connectivity index (χ4n) is 3.38. The van der Waals surface area contributed by atoms with Gasteiger partial charge in [0.2, 0.25) is 0 Å². The van der Waals surface area contributed by atoms with E-state index in [1.165, 1.54) is 37.1 Å². The van der Waals surface area contributed by atoms with Gasteiger partial charge in [-0.05, 0) is 42.9 Å². The van der Waals surface area contributed by atoms with Gasteiger partial charge in [-0.25, -0.2) is 0 Å². The molecule has 2 rings (SSSR count). The summed E-state index contributed by atoms with van der Waals surface area (Å²) < 4.78 is 5.08. The second-order valence-corrected chi connectivity index (χ2v) is 6.95. The van der Waals surface area contributed by atoms with E-state index in [4.69, 9.17) is 4.74 Å².